The van der Waals surface area contributed by atoms with Crippen molar-refractivity contribution < 1.29 is 0 Å². The lowest BCUT2D eigenvalue weighted by Crippen LogP contribution is -2.13. The molecule has 0 aromatic heterocycles. The minimum Gasteiger partial charge on any atom is -0.0966 e. The lowest BCUT2D eigenvalue weighted by atomic mass is 9.84. The van der Waals surface area contributed by atoms with E-state index in [9.17, 15) is 0 Å². The molecular formula is C23H14B2. The average Bonchev–Trinajstić information content (AvgIpc) is 2.64. The maximum Gasteiger partial charge on any atom is 0.115 e. The molecular weight excluding hydrogens is 298 g/mol. The topological polar surface area (TPSA) is 0 Å². The fourth-order valence-electron chi connectivity index (χ4n) is 2.34. The maximum atomic E-state index is 6.25. The summed E-state index contributed by atoms with van der Waals surface area (Å²) in [6, 6.07) is 21.2. The molecule has 0 fully saturated rings. The Kier molecular flexibility index (Phi) is 5.13. The van der Waals surface area contributed by atoms with Crippen LogP contribution in [0, 0.1) is 30.6 Å². The number of hydrogen-bond acceptors (Lipinski definition) is 0. The van der Waals surface area contributed by atoms with Gasteiger partial charge in [0.1, 0.15) is 15.7 Å². The summed E-state index contributed by atoms with van der Waals surface area (Å²) in [5.41, 5.74) is 5.95. The van der Waals surface area contributed by atoms with E-state index in [0.717, 1.165) is 33.3 Å². The molecule has 0 bridgehead atoms. The second-order valence-electron chi connectivity index (χ2n) is 5.69. The van der Waals surface area contributed by atoms with E-state index >= 15 is 0 Å². The van der Waals surface area contributed by atoms with Gasteiger partial charge in [-0.1, -0.05) is 64.9 Å². The zero-order valence-electron chi connectivity index (χ0n) is 14.0. The van der Waals surface area contributed by atoms with Gasteiger partial charge < -0.3 is 0 Å². The first-order chi connectivity index (χ1) is 12.1. The molecule has 3 aromatic carbocycles. The predicted molar refractivity (Wildman–Crippen MR) is 107 cm³/mol. The Balaban J connectivity index is 1.89. The van der Waals surface area contributed by atoms with E-state index in [-0.39, 0.29) is 0 Å². The van der Waals surface area contributed by atoms with Crippen molar-refractivity contribution in [2.24, 2.45) is 0 Å². The number of rotatable bonds is 0. The second kappa shape index (κ2) is 7.65. The summed E-state index contributed by atoms with van der Waals surface area (Å²) in [6.45, 7) is 1.97. The van der Waals surface area contributed by atoms with Crippen molar-refractivity contribution >= 4 is 26.6 Å². The lowest BCUT2D eigenvalue weighted by Gasteiger charge is -2.06. The molecule has 112 valence electrons. The highest BCUT2D eigenvalue weighted by Crippen LogP contribution is 2.07. The molecule has 0 atom stereocenters. The highest BCUT2D eigenvalue weighted by molar-refractivity contribution is 6.35. The van der Waals surface area contributed by atoms with E-state index in [0.29, 0.717) is 5.46 Å². The van der Waals surface area contributed by atoms with E-state index < -0.39 is 0 Å². The summed E-state index contributed by atoms with van der Waals surface area (Å²) in [6.07, 6.45) is 0. The predicted octanol–water partition coefficient (Wildman–Crippen LogP) is 2.38. The molecule has 0 saturated heterocycles. The van der Waals surface area contributed by atoms with Crippen LogP contribution in [-0.2, 0) is 0 Å². The Bertz CT molecular complexity index is 1010. The van der Waals surface area contributed by atoms with Crippen LogP contribution < -0.4 is 10.9 Å². The van der Waals surface area contributed by atoms with Gasteiger partial charge in [0.2, 0.25) is 0 Å². The summed E-state index contributed by atoms with van der Waals surface area (Å²) >= 11 is 0. The van der Waals surface area contributed by atoms with Crippen LogP contribution in [-0.4, -0.2) is 15.7 Å². The van der Waals surface area contributed by atoms with Gasteiger partial charge in [0.05, 0.1) is 0 Å². The van der Waals surface area contributed by atoms with E-state index in [1.165, 1.54) is 0 Å². The van der Waals surface area contributed by atoms with E-state index in [1.807, 2.05) is 73.7 Å². The largest absolute Gasteiger partial charge is 0.115 e. The summed E-state index contributed by atoms with van der Waals surface area (Å²) in [5, 5.41) is 0. The molecule has 0 unspecified atom stereocenters. The Morgan fingerprint density at radius 1 is 0.600 bits per heavy atom. The molecule has 0 aliphatic rings. The van der Waals surface area contributed by atoms with Crippen LogP contribution >= 0.6 is 0 Å². The molecule has 25 heavy (non-hydrogen) atoms. The molecule has 0 aliphatic carbocycles. The smallest absolute Gasteiger partial charge is 0.0966 e. The van der Waals surface area contributed by atoms with Gasteiger partial charge >= 0.3 is 0 Å². The first kappa shape index (κ1) is 16.8. The molecule has 0 aliphatic heterocycles. The van der Waals surface area contributed by atoms with Crippen LogP contribution in [0.5, 0.6) is 0 Å². The van der Waals surface area contributed by atoms with Crippen molar-refractivity contribution in [2.45, 2.75) is 6.92 Å². The summed E-state index contributed by atoms with van der Waals surface area (Å²) < 4.78 is 0. The third-order valence-corrected chi connectivity index (χ3v) is 3.88. The van der Waals surface area contributed by atoms with Gasteiger partial charge in [-0.25, -0.2) is 0 Å². The van der Waals surface area contributed by atoms with E-state index in [4.69, 9.17) is 15.7 Å². The monoisotopic (exact) mass is 312 g/mol. The van der Waals surface area contributed by atoms with Gasteiger partial charge in [-0.2, -0.15) is 0 Å². The summed E-state index contributed by atoms with van der Waals surface area (Å²) in [7, 11) is 11.9. The first-order valence-corrected chi connectivity index (χ1v) is 7.97. The second-order valence-corrected chi connectivity index (χ2v) is 5.69. The Morgan fingerprint density at radius 2 is 1.16 bits per heavy atom. The Morgan fingerprint density at radius 3 is 1.84 bits per heavy atom. The van der Waals surface area contributed by atoms with Gasteiger partial charge in [0.15, 0.2) is 0 Å². The molecule has 2 heteroatoms. The molecule has 0 spiro atoms. The van der Waals surface area contributed by atoms with Crippen molar-refractivity contribution in [1.29, 1.82) is 0 Å². The minimum absolute atomic E-state index is 0.674. The average molecular weight is 312 g/mol. The normalized spacial score (nSPS) is 9.48. The van der Waals surface area contributed by atoms with Crippen LogP contribution in [0.2, 0.25) is 0 Å². The zero-order chi connectivity index (χ0) is 17.6. The fraction of sp³-hybridized carbons (Fsp3) is 0.0435. The summed E-state index contributed by atoms with van der Waals surface area (Å²) in [5.74, 6) is 12.6. The van der Waals surface area contributed by atoms with Crippen molar-refractivity contribution in [3.63, 3.8) is 0 Å². The third-order valence-electron chi connectivity index (χ3n) is 3.88. The van der Waals surface area contributed by atoms with Gasteiger partial charge in [-0.15, -0.1) is 0 Å². The first-order valence-electron chi connectivity index (χ1n) is 7.97. The Hall–Kier alpha value is -3.09. The zero-order valence-corrected chi connectivity index (χ0v) is 14.0. The molecule has 3 aromatic rings. The van der Waals surface area contributed by atoms with Gasteiger partial charge in [-0.05, 0) is 48.9 Å². The van der Waals surface area contributed by atoms with Gasteiger partial charge in [-0.3, -0.25) is 0 Å². The highest BCUT2D eigenvalue weighted by Gasteiger charge is 2.02. The van der Waals surface area contributed by atoms with E-state index in [1.54, 1.807) is 0 Å². The molecule has 3 rings (SSSR count). The molecule has 0 amide bonds. The van der Waals surface area contributed by atoms with Crippen molar-refractivity contribution in [3.8, 4) is 23.7 Å². The lowest BCUT2D eigenvalue weighted by molar-refractivity contribution is 1.46. The van der Waals surface area contributed by atoms with Gasteiger partial charge in [0.25, 0.3) is 0 Å². The van der Waals surface area contributed by atoms with Crippen LogP contribution in [0.25, 0.3) is 0 Å². The summed E-state index contributed by atoms with van der Waals surface area (Å²) in [4.78, 5) is 0. The van der Waals surface area contributed by atoms with E-state index in [2.05, 4.69) is 23.7 Å². The fourth-order valence-corrected chi connectivity index (χ4v) is 2.34. The molecule has 0 N–H and O–H groups in total. The van der Waals surface area contributed by atoms with Gasteiger partial charge in [0, 0.05) is 22.3 Å². The molecule has 0 nitrogen and oxygen atoms in total. The molecule has 0 heterocycles. The van der Waals surface area contributed by atoms with Crippen LogP contribution in [0.4, 0.5) is 0 Å². The van der Waals surface area contributed by atoms with Crippen molar-refractivity contribution in [2.75, 3.05) is 0 Å². The van der Waals surface area contributed by atoms with Crippen LogP contribution in [0.3, 0.4) is 0 Å². The van der Waals surface area contributed by atoms with Crippen molar-refractivity contribution in [1.82, 2.24) is 0 Å². The highest BCUT2D eigenvalue weighted by atomic mass is 14.0. The molecule has 0 saturated carbocycles. The maximum absolute atomic E-state index is 6.25. The SMILES string of the molecule is [B]c1ccc(C#Cc2ccc(C#Cc3ccccc3)c([B])c2C)cc1. The van der Waals surface area contributed by atoms with Crippen molar-refractivity contribution in [3.05, 3.63) is 94.5 Å². The van der Waals surface area contributed by atoms with Crippen LogP contribution in [0.15, 0.2) is 66.7 Å². The molecule has 4 radical (unpaired) electrons. The Labute approximate surface area is 152 Å². The van der Waals surface area contributed by atoms with Crippen LogP contribution in [0.1, 0.15) is 27.8 Å². The quantitative estimate of drug-likeness (QED) is 0.442. The standard InChI is InChI=1S/C23H14B2/c1-17-20(11-7-19-9-15-22(24)16-10-19)13-14-21(23(17)25)12-8-18-5-3-2-4-6-18/h2-6,9-10,13-16H,1H3. The minimum atomic E-state index is 0.674. The number of hydrogen-bond donors (Lipinski definition) is 0. The third kappa shape index (κ3) is 4.26. The number of benzene rings is 3.